The molecule has 1 saturated heterocycles. The van der Waals surface area contributed by atoms with E-state index in [2.05, 4.69) is 6.07 Å². The lowest BCUT2D eigenvalue weighted by Gasteiger charge is -2.52. The second-order valence-corrected chi connectivity index (χ2v) is 7.38. The largest absolute Gasteiger partial charge is 0.394 e. The van der Waals surface area contributed by atoms with Crippen molar-refractivity contribution in [2.24, 2.45) is 0 Å². The number of hydrogen-bond donors (Lipinski definition) is 1. The lowest BCUT2D eigenvalue weighted by Crippen LogP contribution is -2.65. The molecule has 1 aliphatic rings. The van der Waals surface area contributed by atoms with Crippen molar-refractivity contribution in [1.82, 2.24) is 4.90 Å². The summed E-state index contributed by atoms with van der Waals surface area (Å²) in [6.07, 6.45) is 0.164. The zero-order valence-electron chi connectivity index (χ0n) is 16.3. The molecule has 4 rings (SSSR count). The molecule has 0 saturated carbocycles. The van der Waals surface area contributed by atoms with E-state index >= 15 is 0 Å². The van der Waals surface area contributed by atoms with Gasteiger partial charge in [0.1, 0.15) is 11.9 Å². The number of carbonyl (C=O) groups is 1. The van der Waals surface area contributed by atoms with Gasteiger partial charge >= 0.3 is 0 Å². The Bertz CT molecular complexity index is 1090. The molecule has 30 heavy (non-hydrogen) atoms. The highest BCUT2D eigenvalue weighted by Gasteiger charge is 2.52. The van der Waals surface area contributed by atoms with Gasteiger partial charge in [-0.3, -0.25) is 4.79 Å². The van der Waals surface area contributed by atoms with Crippen LogP contribution >= 0.6 is 0 Å². The Hall–Kier alpha value is -3.49. The fourth-order valence-electron chi connectivity index (χ4n) is 4.30. The summed E-state index contributed by atoms with van der Waals surface area (Å²) in [5.74, 6) is -0.947. The van der Waals surface area contributed by atoms with Crippen molar-refractivity contribution in [2.75, 3.05) is 6.61 Å². The highest BCUT2D eigenvalue weighted by molar-refractivity contribution is 5.82. The van der Waals surface area contributed by atoms with Crippen LogP contribution in [-0.2, 0) is 11.2 Å². The Morgan fingerprint density at radius 1 is 0.967 bits per heavy atom. The molecule has 0 radical (unpaired) electrons. The lowest BCUT2D eigenvalue weighted by molar-refractivity contribution is -0.146. The summed E-state index contributed by atoms with van der Waals surface area (Å²) in [6.45, 7) is -0.269. The molecule has 1 N–H and O–H groups in total. The maximum atomic E-state index is 14.5. The third-order valence-corrected chi connectivity index (χ3v) is 5.70. The van der Waals surface area contributed by atoms with Crippen LogP contribution in [-0.4, -0.2) is 34.6 Å². The number of likely N-dealkylation sites (tertiary alicyclic amines) is 1. The van der Waals surface area contributed by atoms with Crippen molar-refractivity contribution in [3.63, 3.8) is 0 Å². The maximum Gasteiger partial charge on any atom is 0.228 e. The van der Waals surface area contributed by atoms with E-state index in [0.717, 1.165) is 11.1 Å². The zero-order valence-corrected chi connectivity index (χ0v) is 16.3. The van der Waals surface area contributed by atoms with Gasteiger partial charge < -0.3 is 10.0 Å². The van der Waals surface area contributed by atoms with Gasteiger partial charge in [-0.15, -0.1) is 0 Å². The molecule has 0 aliphatic carbocycles. The van der Waals surface area contributed by atoms with Gasteiger partial charge in [-0.05, 0) is 22.8 Å². The van der Waals surface area contributed by atoms with Crippen LogP contribution in [0.15, 0.2) is 78.9 Å². The number of hydrogen-bond acceptors (Lipinski definition) is 3. The fraction of sp³-hybridized carbons (Fsp3) is 0.200. The average Bonchev–Trinajstić information content (AvgIpc) is 2.75. The van der Waals surface area contributed by atoms with E-state index in [1.165, 1.54) is 11.0 Å². The summed E-state index contributed by atoms with van der Waals surface area (Å²) in [4.78, 5) is 14.4. The van der Waals surface area contributed by atoms with E-state index < -0.39 is 18.0 Å². The molecular formula is C25H21FN2O2. The molecule has 150 valence electrons. The molecule has 1 amide bonds. The van der Waals surface area contributed by atoms with Crippen LogP contribution in [0.25, 0.3) is 11.1 Å². The number of benzene rings is 3. The van der Waals surface area contributed by atoms with E-state index in [4.69, 9.17) is 0 Å². The average molecular weight is 400 g/mol. The fourth-order valence-corrected chi connectivity index (χ4v) is 4.30. The van der Waals surface area contributed by atoms with E-state index in [1.54, 1.807) is 18.2 Å². The van der Waals surface area contributed by atoms with Gasteiger partial charge in [-0.1, -0.05) is 72.8 Å². The molecule has 1 heterocycles. The number of amides is 1. The first-order valence-electron chi connectivity index (χ1n) is 9.85. The summed E-state index contributed by atoms with van der Waals surface area (Å²) in [7, 11) is 0. The van der Waals surface area contributed by atoms with Crippen LogP contribution in [0.2, 0.25) is 0 Å². The third kappa shape index (κ3) is 3.47. The number of carbonyl (C=O) groups excluding carboxylic acids is 1. The van der Waals surface area contributed by atoms with Crippen LogP contribution in [0.1, 0.15) is 17.0 Å². The van der Waals surface area contributed by atoms with Crippen molar-refractivity contribution in [1.29, 1.82) is 5.26 Å². The van der Waals surface area contributed by atoms with Gasteiger partial charge in [0.2, 0.25) is 5.91 Å². The van der Waals surface area contributed by atoms with Crippen molar-refractivity contribution in [2.45, 2.75) is 24.4 Å². The first-order chi connectivity index (χ1) is 14.7. The van der Waals surface area contributed by atoms with Gasteiger partial charge in [0.25, 0.3) is 0 Å². The zero-order chi connectivity index (χ0) is 21.1. The van der Waals surface area contributed by atoms with Crippen LogP contribution < -0.4 is 0 Å². The predicted octanol–water partition coefficient (Wildman–Crippen LogP) is 3.91. The van der Waals surface area contributed by atoms with E-state index in [-0.39, 0.29) is 24.8 Å². The quantitative estimate of drug-likeness (QED) is 0.706. The summed E-state index contributed by atoms with van der Waals surface area (Å²) in [6, 6.07) is 24.1. The molecule has 4 nitrogen and oxygen atoms in total. The molecule has 1 aliphatic heterocycles. The molecule has 5 heteroatoms. The van der Waals surface area contributed by atoms with E-state index in [0.29, 0.717) is 11.1 Å². The van der Waals surface area contributed by atoms with Crippen LogP contribution in [0, 0.1) is 17.1 Å². The van der Waals surface area contributed by atoms with Gasteiger partial charge in [0, 0.05) is 11.5 Å². The van der Waals surface area contributed by atoms with Crippen LogP contribution in [0.5, 0.6) is 0 Å². The molecular weight excluding hydrogens is 379 g/mol. The van der Waals surface area contributed by atoms with Crippen molar-refractivity contribution >= 4 is 5.91 Å². The second kappa shape index (κ2) is 8.48. The smallest absolute Gasteiger partial charge is 0.228 e. The van der Waals surface area contributed by atoms with Crippen molar-refractivity contribution in [3.8, 4) is 17.2 Å². The monoisotopic (exact) mass is 400 g/mol. The van der Waals surface area contributed by atoms with E-state index in [1.807, 2.05) is 54.6 Å². The second-order valence-electron chi connectivity index (χ2n) is 7.38. The van der Waals surface area contributed by atoms with Crippen molar-refractivity contribution < 1.29 is 14.3 Å². The summed E-state index contributed by atoms with van der Waals surface area (Å²) >= 11 is 0. The van der Waals surface area contributed by atoms with Crippen LogP contribution in [0.4, 0.5) is 4.39 Å². The minimum absolute atomic E-state index is 0.164. The summed E-state index contributed by atoms with van der Waals surface area (Å²) < 4.78 is 14.5. The van der Waals surface area contributed by atoms with Gasteiger partial charge in [0.15, 0.2) is 0 Å². The molecule has 1 fully saturated rings. The highest BCUT2D eigenvalue weighted by Crippen LogP contribution is 2.44. The Morgan fingerprint density at radius 3 is 2.27 bits per heavy atom. The standard InChI is InChI=1S/C25H21FN2O2/c26-21-13-7-6-11-19(21)18-10-4-5-12-20(18)25-22(15-27)28(23(25)16-29)24(30)14-17-8-2-1-3-9-17/h1-13,22-23,25,29H,14,16H2/t22-,23-,25-/m1/s1. The third-order valence-electron chi connectivity index (χ3n) is 5.70. The minimum Gasteiger partial charge on any atom is -0.394 e. The summed E-state index contributed by atoms with van der Waals surface area (Å²) in [5.41, 5.74) is 2.73. The maximum absolute atomic E-state index is 14.5. The molecule has 3 aromatic rings. The van der Waals surface area contributed by atoms with Gasteiger partial charge in [-0.2, -0.15) is 5.26 Å². The number of halogens is 1. The SMILES string of the molecule is N#C[C@@H]1[C@@H](c2ccccc2-c2ccccc2F)[C@@H](CO)N1C(=O)Cc1ccccc1. The lowest BCUT2D eigenvalue weighted by atomic mass is 9.73. The van der Waals surface area contributed by atoms with Crippen LogP contribution in [0.3, 0.4) is 0 Å². The predicted molar refractivity (Wildman–Crippen MR) is 112 cm³/mol. The highest BCUT2D eigenvalue weighted by atomic mass is 19.1. The number of nitrogens with zero attached hydrogens (tertiary/aromatic N) is 2. The number of aliphatic hydroxyl groups is 1. The molecule has 0 aromatic heterocycles. The first kappa shape index (κ1) is 19.8. The molecule has 0 bridgehead atoms. The Labute approximate surface area is 174 Å². The molecule has 3 aromatic carbocycles. The Kier molecular flexibility index (Phi) is 5.60. The topological polar surface area (TPSA) is 64.3 Å². The summed E-state index contributed by atoms with van der Waals surface area (Å²) in [5, 5.41) is 19.9. The van der Waals surface area contributed by atoms with Crippen molar-refractivity contribution in [3.05, 3.63) is 95.8 Å². The van der Waals surface area contributed by atoms with Gasteiger partial charge in [-0.25, -0.2) is 4.39 Å². The number of nitriles is 1. The molecule has 3 atom stereocenters. The first-order valence-corrected chi connectivity index (χ1v) is 9.85. The minimum atomic E-state index is -0.716. The number of aliphatic hydroxyl groups excluding tert-OH is 1. The normalized spacial score (nSPS) is 20.3. The Morgan fingerprint density at radius 2 is 1.60 bits per heavy atom. The molecule has 0 unspecified atom stereocenters. The molecule has 0 spiro atoms. The Balaban J connectivity index is 1.67. The number of rotatable bonds is 5. The van der Waals surface area contributed by atoms with E-state index in [9.17, 15) is 19.6 Å². The van der Waals surface area contributed by atoms with Gasteiger partial charge in [0.05, 0.1) is 25.1 Å².